The average Bonchev–Trinajstić information content (AvgIpc) is 2.48. The van der Waals surface area contributed by atoms with Crippen molar-refractivity contribution in [2.45, 2.75) is 11.8 Å². The van der Waals surface area contributed by atoms with Crippen molar-refractivity contribution in [2.75, 3.05) is 11.4 Å². The van der Waals surface area contributed by atoms with Gasteiger partial charge in [-0.3, -0.25) is 9.35 Å². The molecule has 0 aliphatic rings. The first-order valence-electron chi connectivity index (χ1n) is 6.48. The Morgan fingerprint density at radius 3 is 1.86 bits per heavy atom. The predicted molar refractivity (Wildman–Crippen MR) is 85.6 cm³/mol. The molecular formula is C15H14ClNO4S. The molecule has 0 bridgehead atoms. The summed E-state index contributed by atoms with van der Waals surface area (Å²) in [6.45, 7) is 2.58. The number of hydrogen-bond donors (Lipinski definition) is 1. The SMILES string of the molecule is CCN(c1ccc(C(=O)Cl)cc1)c1ccc(S(=O)(=O)O)cc1. The van der Waals surface area contributed by atoms with E-state index in [2.05, 4.69) is 0 Å². The molecule has 0 fully saturated rings. The maximum atomic E-state index is 11.1. The predicted octanol–water partition coefficient (Wildman–Crippen LogP) is 3.47. The zero-order valence-electron chi connectivity index (χ0n) is 11.7. The Bertz CT molecular complexity index is 770. The van der Waals surface area contributed by atoms with Crippen LogP contribution in [0, 0.1) is 0 Å². The molecule has 0 aliphatic carbocycles. The molecule has 0 spiro atoms. The van der Waals surface area contributed by atoms with Gasteiger partial charge >= 0.3 is 0 Å². The van der Waals surface area contributed by atoms with Gasteiger partial charge in [0, 0.05) is 23.5 Å². The fraction of sp³-hybridized carbons (Fsp3) is 0.133. The summed E-state index contributed by atoms with van der Waals surface area (Å²) >= 11 is 5.41. The van der Waals surface area contributed by atoms with Crippen LogP contribution in [0.25, 0.3) is 0 Å². The summed E-state index contributed by atoms with van der Waals surface area (Å²) in [7, 11) is -4.20. The van der Waals surface area contributed by atoms with Crippen molar-refractivity contribution in [3.05, 3.63) is 54.1 Å². The molecule has 0 saturated carbocycles. The quantitative estimate of drug-likeness (QED) is 0.667. The van der Waals surface area contributed by atoms with E-state index in [1.54, 1.807) is 36.4 Å². The first kappa shape index (κ1) is 16.5. The highest BCUT2D eigenvalue weighted by Crippen LogP contribution is 2.26. The van der Waals surface area contributed by atoms with Gasteiger partial charge in [0.1, 0.15) is 0 Å². The molecule has 1 N–H and O–H groups in total. The van der Waals surface area contributed by atoms with E-state index in [1.807, 2.05) is 11.8 Å². The highest BCUT2D eigenvalue weighted by atomic mass is 35.5. The van der Waals surface area contributed by atoms with Crippen molar-refractivity contribution in [2.24, 2.45) is 0 Å². The fourth-order valence-corrected chi connectivity index (χ4v) is 2.69. The third-order valence-electron chi connectivity index (χ3n) is 3.17. The summed E-state index contributed by atoms with van der Waals surface area (Å²) in [6.07, 6.45) is 0. The summed E-state index contributed by atoms with van der Waals surface area (Å²) < 4.78 is 31.1. The van der Waals surface area contributed by atoms with Crippen LogP contribution in [0.5, 0.6) is 0 Å². The molecule has 5 nitrogen and oxygen atoms in total. The molecule has 0 unspecified atom stereocenters. The van der Waals surface area contributed by atoms with Crippen LogP contribution in [0.3, 0.4) is 0 Å². The molecule has 0 saturated heterocycles. The second kappa shape index (κ2) is 6.48. The van der Waals surface area contributed by atoms with Crippen molar-refractivity contribution in [1.82, 2.24) is 0 Å². The molecule has 0 atom stereocenters. The normalized spacial score (nSPS) is 11.2. The van der Waals surface area contributed by atoms with Crippen molar-refractivity contribution in [1.29, 1.82) is 0 Å². The first-order chi connectivity index (χ1) is 10.3. The molecule has 0 radical (unpaired) electrons. The first-order valence-corrected chi connectivity index (χ1v) is 8.29. The Hall–Kier alpha value is -1.89. The van der Waals surface area contributed by atoms with Crippen LogP contribution >= 0.6 is 11.6 Å². The molecule has 116 valence electrons. The lowest BCUT2D eigenvalue weighted by atomic mass is 10.2. The van der Waals surface area contributed by atoms with Gasteiger partial charge in [0.2, 0.25) is 0 Å². The summed E-state index contributed by atoms with van der Waals surface area (Å²) in [4.78, 5) is 12.8. The average molecular weight is 340 g/mol. The topological polar surface area (TPSA) is 74.7 Å². The van der Waals surface area contributed by atoms with Gasteiger partial charge in [-0.1, -0.05) is 0 Å². The molecule has 0 aliphatic heterocycles. The molecule has 2 aromatic carbocycles. The van der Waals surface area contributed by atoms with Gasteiger partial charge in [-0.15, -0.1) is 0 Å². The molecule has 2 rings (SSSR count). The van der Waals surface area contributed by atoms with Gasteiger partial charge in [0.25, 0.3) is 15.4 Å². The third kappa shape index (κ3) is 3.65. The largest absolute Gasteiger partial charge is 0.342 e. The highest BCUT2D eigenvalue weighted by molar-refractivity contribution is 7.85. The molecule has 7 heteroatoms. The lowest BCUT2D eigenvalue weighted by Gasteiger charge is -2.23. The maximum absolute atomic E-state index is 11.1. The molecular weight excluding hydrogens is 326 g/mol. The Labute approximate surface area is 133 Å². The van der Waals surface area contributed by atoms with Crippen molar-refractivity contribution in [3.8, 4) is 0 Å². The smallest absolute Gasteiger partial charge is 0.294 e. The Morgan fingerprint density at radius 1 is 1.05 bits per heavy atom. The van der Waals surface area contributed by atoms with E-state index in [0.29, 0.717) is 12.1 Å². The van der Waals surface area contributed by atoms with E-state index in [0.717, 1.165) is 11.4 Å². The zero-order chi connectivity index (χ0) is 16.3. The molecule has 2 aromatic rings. The number of anilines is 2. The van der Waals surface area contributed by atoms with E-state index in [9.17, 15) is 13.2 Å². The van der Waals surface area contributed by atoms with E-state index in [-0.39, 0.29) is 4.90 Å². The lowest BCUT2D eigenvalue weighted by Crippen LogP contribution is -2.16. The summed E-state index contributed by atoms with van der Waals surface area (Å²) in [6, 6.07) is 12.7. The number of rotatable bonds is 5. The van der Waals surface area contributed by atoms with Gasteiger partial charge in [-0.25, -0.2) is 0 Å². The Morgan fingerprint density at radius 2 is 1.50 bits per heavy atom. The van der Waals surface area contributed by atoms with Crippen LogP contribution in [-0.2, 0) is 10.1 Å². The number of nitrogens with zero attached hydrogens (tertiary/aromatic N) is 1. The van der Waals surface area contributed by atoms with Gasteiger partial charge in [-0.2, -0.15) is 8.42 Å². The van der Waals surface area contributed by atoms with Crippen LogP contribution in [0.15, 0.2) is 53.4 Å². The minimum atomic E-state index is -4.20. The van der Waals surface area contributed by atoms with Gasteiger partial charge in [0.05, 0.1) is 4.90 Å². The van der Waals surface area contributed by atoms with Crippen LogP contribution < -0.4 is 4.90 Å². The van der Waals surface area contributed by atoms with Gasteiger partial charge < -0.3 is 4.90 Å². The van der Waals surface area contributed by atoms with E-state index in [4.69, 9.17) is 16.2 Å². The minimum Gasteiger partial charge on any atom is -0.342 e. The standard InChI is InChI=1S/C15H14ClNO4S/c1-2-17(12-5-3-11(4-6-12)15(16)18)13-7-9-14(10-8-13)22(19,20)21/h3-10H,2H2,1H3,(H,19,20,21). The van der Waals surface area contributed by atoms with E-state index in [1.165, 1.54) is 12.1 Å². The monoisotopic (exact) mass is 339 g/mol. The second-order valence-electron chi connectivity index (χ2n) is 4.53. The molecule has 0 heterocycles. The summed E-state index contributed by atoms with van der Waals surface area (Å²) in [5.74, 6) is 0. The van der Waals surface area contributed by atoms with Gasteiger partial charge in [0.15, 0.2) is 0 Å². The number of hydrogen-bond acceptors (Lipinski definition) is 4. The summed E-state index contributed by atoms with van der Waals surface area (Å²) in [5, 5.41) is -0.521. The van der Waals surface area contributed by atoms with Crippen LogP contribution in [-0.4, -0.2) is 24.8 Å². The van der Waals surface area contributed by atoms with Crippen LogP contribution in [0.1, 0.15) is 17.3 Å². The number of benzene rings is 2. The minimum absolute atomic E-state index is 0.157. The highest BCUT2D eigenvalue weighted by Gasteiger charge is 2.12. The van der Waals surface area contributed by atoms with Crippen molar-refractivity contribution < 1.29 is 17.8 Å². The Kier molecular flexibility index (Phi) is 4.85. The van der Waals surface area contributed by atoms with Crippen LogP contribution in [0.4, 0.5) is 11.4 Å². The number of halogens is 1. The molecule has 22 heavy (non-hydrogen) atoms. The van der Waals surface area contributed by atoms with E-state index < -0.39 is 15.4 Å². The van der Waals surface area contributed by atoms with Crippen molar-refractivity contribution in [3.63, 3.8) is 0 Å². The number of carbonyl (C=O) groups excluding carboxylic acids is 1. The number of carbonyl (C=O) groups is 1. The van der Waals surface area contributed by atoms with E-state index >= 15 is 0 Å². The maximum Gasteiger partial charge on any atom is 0.294 e. The molecule has 0 aromatic heterocycles. The lowest BCUT2D eigenvalue weighted by molar-refractivity contribution is 0.108. The summed E-state index contributed by atoms with van der Waals surface area (Å²) in [5.41, 5.74) is 2.01. The van der Waals surface area contributed by atoms with Crippen molar-refractivity contribution >= 4 is 38.3 Å². The third-order valence-corrected chi connectivity index (χ3v) is 4.25. The van der Waals surface area contributed by atoms with Gasteiger partial charge in [-0.05, 0) is 67.1 Å². The zero-order valence-corrected chi connectivity index (χ0v) is 13.3. The molecule has 0 amide bonds. The fourth-order valence-electron chi connectivity index (χ4n) is 2.08. The second-order valence-corrected chi connectivity index (χ2v) is 6.30. The van der Waals surface area contributed by atoms with Crippen LogP contribution in [0.2, 0.25) is 0 Å². The Balaban J connectivity index is 2.33.